The van der Waals surface area contributed by atoms with E-state index in [0.717, 1.165) is 32.0 Å². The minimum atomic E-state index is 0.0705. The number of allylic oxidation sites excluding steroid dienone is 1. The highest BCUT2D eigenvalue weighted by molar-refractivity contribution is 7.97. The van der Waals surface area contributed by atoms with Crippen LogP contribution >= 0.6 is 11.9 Å². The molecule has 1 aliphatic carbocycles. The second-order valence-electron chi connectivity index (χ2n) is 6.76. The van der Waals surface area contributed by atoms with Gasteiger partial charge in [-0.2, -0.15) is 0 Å². The van der Waals surface area contributed by atoms with Gasteiger partial charge in [-0.05, 0) is 80.8 Å². The van der Waals surface area contributed by atoms with E-state index in [0.29, 0.717) is 6.04 Å². The molecule has 0 bridgehead atoms. The number of nitrogens with zero attached hydrogens (tertiary/aromatic N) is 1. The van der Waals surface area contributed by atoms with Crippen molar-refractivity contribution >= 4 is 18.0 Å². The van der Waals surface area contributed by atoms with E-state index in [1.807, 2.05) is 11.9 Å². The van der Waals surface area contributed by atoms with Crippen molar-refractivity contribution < 1.29 is 4.74 Å². The van der Waals surface area contributed by atoms with Crippen LogP contribution < -0.4 is 5.73 Å². The molecule has 4 heteroatoms. The predicted octanol–water partition coefficient (Wildman–Crippen LogP) is 4.25. The minimum absolute atomic E-state index is 0.0705. The first-order valence-electron chi connectivity index (χ1n) is 8.70. The largest absolute Gasteiger partial charge is 0.381 e. The van der Waals surface area contributed by atoms with Gasteiger partial charge in [0.2, 0.25) is 0 Å². The molecule has 2 aliphatic rings. The van der Waals surface area contributed by atoms with Crippen LogP contribution in [0.5, 0.6) is 0 Å². The number of rotatable bonds is 6. The standard InChI is InChI=1S/C19H28N2OS/c1-14(20)19-8-7-18(13-16(19)6-5-15-3-4-15)23-21(2)17-9-11-22-12-10-17/h5-8,13-15,17H,3-4,9-12,20H2,1-2H3/b6-5+. The zero-order valence-electron chi connectivity index (χ0n) is 14.2. The number of nitrogens with two attached hydrogens (primary N) is 1. The third kappa shape index (κ3) is 4.83. The molecule has 1 saturated heterocycles. The summed E-state index contributed by atoms with van der Waals surface area (Å²) < 4.78 is 7.85. The monoisotopic (exact) mass is 332 g/mol. The summed E-state index contributed by atoms with van der Waals surface area (Å²) in [4.78, 5) is 1.29. The average molecular weight is 333 g/mol. The highest BCUT2D eigenvalue weighted by atomic mass is 32.2. The molecule has 0 amide bonds. The Bertz CT molecular complexity index is 548. The van der Waals surface area contributed by atoms with Gasteiger partial charge in [0.1, 0.15) is 0 Å². The SMILES string of the molecule is CC(N)c1ccc(SN(C)C2CCOCC2)cc1/C=C/C1CC1. The van der Waals surface area contributed by atoms with Crippen molar-refractivity contribution in [1.29, 1.82) is 0 Å². The average Bonchev–Trinajstić information content (AvgIpc) is 3.38. The van der Waals surface area contributed by atoms with Crippen LogP contribution in [0.3, 0.4) is 0 Å². The number of ether oxygens (including phenoxy) is 1. The molecule has 1 unspecified atom stereocenters. The summed E-state index contributed by atoms with van der Waals surface area (Å²) in [7, 11) is 2.19. The lowest BCUT2D eigenvalue weighted by atomic mass is 10.0. The molecular weight excluding hydrogens is 304 g/mol. The predicted molar refractivity (Wildman–Crippen MR) is 98.3 cm³/mol. The van der Waals surface area contributed by atoms with Gasteiger partial charge in [-0.1, -0.05) is 18.2 Å². The molecule has 0 aromatic heterocycles. The Labute approximate surface area is 144 Å². The molecule has 1 aliphatic heterocycles. The highest BCUT2D eigenvalue weighted by Gasteiger charge is 2.20. The number of hydrogen-bond donors (Lipinski definition) is 1. The summed E-state index contributed by atoms with van der Waals surface area (Å²) in [6, 6.07) is 7.36. The van der Waals surface area contributed by atoms with Crippen molar-refractivity contribution in [3.05, 3.63) is 35.4 Å². The van der Waals surface area contributed by atoms with Gasteiger partial charge in [0.25, 0.3) is 0 Å². The molecule has 1 atom stereocenters. The van der Waals surface area contributed by atoms with Gasteiger partial charge in [0.15, 0.2) is 0 Å². The van der Waals surface area contributed by atoms with Gasteiger partial charge in [-0.15, -0.1) is 0 Å². The molecular formula is C19H28N2OS. The van der Waals surface area contributed by atoms with Crippen LogP contribution in [0.4, 0.5) is 0 Å². The lowest BCUT2D eigenvalue weighted by Crippen LogP contribution is -2.32. The molecule has 3 nitrogen and oxygen atoms in total. The van der Waals surface area contributed by atoms with E-state index >= 15 is 0 Å². The van der Waals surface area contributed by atoms with E-state index in [9.17, 15) is 0 Å². The summed E-state index contributed by atoms with van der Waals surface area (Å²) in [6.07, 6.45) is 9.54. The van der Waals surface area contributed by atoms with Gasteiger partial charge in [-0.3, -0.25) is 0 Å². The molecule has 1 aromatic rings. The maximum atomic E-state index is 6.14. The second-order valence-corrected chi connectivity index (χ2v) is 7.99. The van der Waals surface area contributed by atoms with E-state index in [4.69, 9.17) is 10.5 Å². The molecule has 1 aromatic carbocycles. The number of benzene rings is 1. The Morgan fingerprint density at radius 2 is 2.00 bits per heavy atom. The van der Waals surface area contributed by atoms with Gasteiger partial charge in [0, 0.05) is 30.2 Å². The van der Waals surface area contributed by atoms with Crippen molar-refractivity contribution in [3.8, 4) is 0 Å². The van der Waals surface area contributed by atoms with Crippen molar-refractivity contribution in [2.45, 2.75) is 49.6 Å². The highest BCUT2D eigenvalue weighted by Crippen LogP contribution is 2.33. The third-order valence-corrected chi connectivity index (χ3v) is 5.72. The molecule has 126 valence electrons. The Morgan fingerprint density at radius 3 is 2.65 bits per heavy atom. The van der Waals surface area contributed by atoms with Gasteiger partial charge in [0.05, 0.1) is 0 Å². The molecule has 0 spiro atoms. The Balaban J connectivity index is 1.72. The molecule has 1 heterocycles. The fraction of sp³-hybridized carbons (Fsp3) is 0.579. The normalized spacial score (nSPS) is 21.2. The van der Waals surface area contributed by atoms with E-state index < -0.39 is 0 Å². The van der Waals surface area contributed by atoms with Gasteiger partial charge in [-0.25, -0.2) is 4.31 Å². The van der Waals surface area contributed by atoms with Crippen LogP contribution in [0.15, 0.2) is 29.2 Å². The van der Waals surface area contributed by atoms with Gasteiger partial charge < -0.3 is 10.5 Å². The zero-order valence-corrected chi connectivity index (χ0v) is 15.0. The molecule has 2 N–H and O–H groups in total. The van der Waals surface area contributed by atoms with Crippen molar-refractivity contribution in [1.82, 2.24) is 4.31 Å². The van der Waals surface area contributed by atoms with Crippen LogP contribution in [0, 0.1) is 5.92 Å². The van der Waals surface area contributed by atoms with Gasteiger partial charge >= 0.3 is 0 Å². The molecule has 2 fully saturated rings. The zero-order chi connectivity index (χ0) is 16.2. The molecule has 0 radical (unpaired) electrons. The van der Waals surface area contributed by atoms with Crippen molar-refractivity contribution in [2.24, 2.45) is 11.7 Å². The summed E-state index contributed by atoms with van der Waals surface area (Å²) in [5.74, 6) is 0.789. The van der Waals surface area contributed by atoms with Crippen LogP contribution in [-0.2, 0) is 4.74 Å². The lowest BCUT2D eigenvalue weighted by molar-refractivity contribution is 0.0652. The smallest absolute Gasteiger partial charge is 0.0481 e. The van der Waals surface area contributed by atoms with Crippen molar-refractivity contribution in [3.63, 3.8) is 0 Å². The molecule has 3 rings (SSSR count). The Kier molecular flexibility index (Phi) is 5.81. The van der Waals surface area contributed by atoms with E-state index in [-0.39, 0.29) is 6.04 Å². The summed E-state index contributed by atoms with van der Waals surface area (Å²) in [5, 5.41) is 0. The van der Waals surface area contributed by atoms with Crippen LogP contribution in [-0.4, -0.2) is 30.6 Å². The quantitative estimate of drug-likeness (QED) is 0.791. The molecule has 23 heavy (non-hydrogen) atoms. The second kappa shape index (κ2) is 7.84. The van der Waals surface area contributed by atoms with Crippen LogP contribution in [0.25, 0.3) is 6.08 Å². The third-order valence-electron chi connectivity index (χ3n) is 4.67. The topological polar surface area (TPSA) is 38.5 Å². The fourth-order valence-electron chi connectivity index (χ4n) is 2.99. The Hall–Kier alpha value is -0.810. The lowest BCUT2D eigenvalue weighted by Gasteiger charge is -2.30. The van der Waals surface area contributed by atoms with Crippen LogP contribution in [0.1, 0.15) is 49.8 Å². The Morgan fingerprint density at radius 1 is 1.26 bits per heavy atom. The first kappa shape index (κ1) is 17.0. The summed E-state index contributed by atoms with van der Waals surface area (Å²) in [5.41, 5.74) is 8.65. The van der Waals surface area contributed by atoms with Crippen LogP contribution in [0.2, 0.25) is 0 Å². The molecule has 1 saturated carbocycles. The fourth-order valence-corrected chi connectivity index (χ4v) is 3.99. The van der Waals surface area contributed by atoms with E-state index in [1.54, 1.807) is 0 Å². The van der Waals surface area contributed by atoms with E-state index in [2.05, 4.69) is 48.6 Å². The first-order chi connectivity index (χ1) is 11.1. The maximum absolute atomic E-state index is 6.14. The summed E-state index contributed by atoms with van der Waals surface area (Å²) >= 11 is 1.84. The maximum Gasteiger partial charge on any atom is 0.0481 e. The van der Waals surface area contributed by atoms with Crippen molar-refractivity contribution in [2.75, 3.05) is 20.3 Å². The minimum Gasteiger partial charge on any atom is -0.381 e. The number of hydrogen-bond acceptors (Lipinski definition) is 4. The summed E-state index contributed by atoms with van der Waals surface area (Å²) in [6.45, 7) is 3.83. The van der Waals surface area contributed by atoms with E-state index in [1.165, 1.54) is 28.9 Å². The first-order valence-corrected chi connectivity index (χ1v) is 9.47.